The minimum absolute atomic E-state index is 0.107. The first-order valence-electron chi connectivity index (χ1n) is 8.65. The lowest BCUT2D eigenvalue weighted by Crippen LogP contribution is -2.77. The smallest absolute Gasteiger partial charge is 0.165 e. The molecule has 2 bridgehead atoms. The molecule has 5 heteroatoms. The normalized spacial score (nSPS) is 43.9. The first-order valence-corrected chi connectivity index (χ1v) is 8.65. The zero-order chi connectivity index (χ0) is 16.0. The Bertz CT molecular complexity index is 693. The molecular weight excluding hydrogens is 292 g/mol. The van der Waals surface area contributed by atoms with Gasteiger partial charge in [-0.1, -0.05) is 6.07 Å². The lowest BCUT2D eigenvalue weighted by molar-refractivity contribution is -0.186. The summed E-state index contributed by atoms with van der Waals surface area (Å²) in [6.07, 6.45) is 3.28. The Morgan fingerprint density at radius 3 is 2.96 bits per heavy atom. The number of aromatic hydroxyl groups is 1. The fraction of sp³-hybridized carbons (Fsp3) is 0.667. The molecule has 1 aromatic rings. The van der Waals surface area contributed by atoms with Crippen LogP contribution < -0.4 is 10.1 Å². The molecule has 5 unspecified atom stereocenters. The molecule has 5 atom stereocenters. The van der Waals surface area contributed by atoms with Crippen molar-refractivity contribution < 1.29 is 14.9 Å². The van der Waals surface area contributed by atoms with Gasteiger partial charge in [-0.3, -0.25) is 0 Å². The van der Waals surface area contributed by atoms with Crippen molar-refractivity contribution in [1.29, 1.82) is 0 Å². The molecule has 2 fully saturated rings. The van der Waals surface area contributed by atoms with E-state index in [2.05, 4.69) is 17.3 Å². The molecule has 2 aliphatic heterocycles. The van der Waals surface area contributed by atoms with Crippen LogP contribution in [0.5, 0.6) is 11.5 Å². The summed E-state index contributed by atoms with van der Waals surface area (Å²) in [5.41, 5.74) is 1.16. The minimum atomic E-state index is -0.774. The highest BCUT2D eigenvalue weighted by Gasteiger charge is 2.72. The zero-order valence-electron chi connectivity index (χ0n) is 13.7. The van der Waals surface area contributed by atoms with E-state index in [9.17, 15) is 10.2 Å². The van der Waals surface area contributed by atoms with E-state index in [0.29, 0.717) is 5.75 Å². The fourth-order valence-electron chi connectivity index (χ4n) is 6.05. The van der Waals surface area contributed by atoms with Crippen molar-refractivity contribution in [2.45, 2.75) is 54.9 Å². The van der Waals surface area contributed by atoms with Crippen molar-refractivity contribution in [1.82, 2.24) is 10.2 Å². The van der Waals surface area contributed by atoms with E-state index in [1.165, 1.54) is 5.56 Å². The van der Waals surface area contributed by atoms with Gasteiger partial charge in [0.25, 0.3) is 0 Å². The molecule has 2 heterocycles. The number of nitrogens with zero attached hydrogens (tertiary/aromatic N) is 1. The predicted molar refractivity (Wildman–Crippen MR) is 86.0 cm³/mol. The Balaban J connectivity index is 1.83. The second-order valence-electron chi connectivity index (χ2n) is 7.77. The second kappa shape index (κ2) is 4.21. The van der Waals surface area contributed by atoms with Crippen LogP contribution in [0.2, 0.25) is 0 Å². The number of aliphatic hydroxyl groups is 1. The molecule has 1 aromatic carbocycles. The molecule has 124 valence electrons. The summed E-state index contributed by atoms with van der Waals surface area (Å²) in [5.74, 6) is 0.832. The predicted octanol–water partition coefficient (Wildman–Crippen LogP) is 0.764. The third kappa shape index (κ3) is 1.37. The monoisotopic (exact) mass is 316 g/mol. The maximum atomic E-state index is 11.9. The summed E-state index contributed by atoms with van der Waals surface area (Å²) in [7, 11) is 4.09. The summed E-state index contributed by atoms with van der Waals surface area (Å²) in [4.78, 5) is 2.32. The SMILES string of the molecule is CNC1CCC2(O)C3Cc4ccc(O)c5c4C2(CCN3C)C1O5. The number of hydrogen-bond donors (Lipinski definition) is 3. The van der Waals surface area contributed by atoms with Gasteiger partial charge in [0.1, 0.15) is 6.10 Å². The number of phenolic OH excluding ortho intramolecular Hbond substituents is 1. The van der Waals surface area contributed by atoms with Crippen molar-refractivity contribution >= 4 is 0 Å². The second-order valence-corrected chi connectivity index (χ2v) is 7.77. The molecule has 0 amide bonds. The molecule has 5 rings (SSSR count). The number of likely N-dealkylation sites (N-methyl/N-ethyl adjacent to an activating group) is 2. The highest BCUT2D eigenvalue weighted by molar-refractivity contribution is 5.62. The number of rotatable bonds is 1. The van der Waals surface area contributed by atoms with Gasteiger partial charge in [-0.2, -0.15) is 0 Å². The number of likely N-dealkylation sites (tertiary alicyclic amines) is 1. The quantitative estimate of drug-likeness (QED) is 0.714. The van der Waals surface area contributed by atoms with Crippen molar-refractivity contribution in [3.63, 3.8) is 0 Å². The topological polar surface area (TPSA) is 65.0 Å². The average Bonchev–Trinajstić information content (AvgIpc) is 2.89. The number of ether oxygens (including phenoxy) is 1. The Morgan fingerprint density at radius 1 is 1.35 bits per heavy atom. The molecule has 23 heavy (non-hydrogen) atoms. The molecule has 5 nitrogen and oxygen atoms in total. The fourth-order valence-corrected chi connectivity index (χ4v) is 6.05. The van der Waals surface area contributed by atoms with Crippen LogP contribution in [0.1, 0.15) is 30.4 Å². The Labute approximate surface area is 136 Å². The number of piperidine rings is 1. The Morgan fingerprint density at radius 2 is 2.17 bits per heavy atom. The lowest BCUT2D eigenvalue weighted by Gasteiger charge is -2.63. The highest BCUT2D eigenvalue weighted by Crippen LogP contribution is 2.65. The molecule has 1 saturated carbocycles. The number of benzene rings is 1. The molecule has 1 spiro atoms. The zero-order valence-corrected chi connectivity index (χ0v) is 13.7. The molecule has 4 aliphatic rings. The summed E-state index contributed by atoms with van der Waals surface area (Å²) in [6.45, 7) is 0.956. The van der Waals surface area contributed by atoms with E-state index in [4.69, 9.17) is 4.74 Å². The minimum Gasteiger partial charge on any atom is -0.504 e. The van der Waals surface area contributed by atoms with Crippen LogP contribution in [0.25, 0.3) is 0 Å². The summed E-state index contributed by atoms with van der Waals surface area (Å²) in [5, 5.41) is 25.6. The van der Waals surface area contributed by atoms with E-state index in [1.807, 2.05) is 13.1 Å². The van der Waals surface area contributed by atoms with E-state index in [0.717, 1.165) is 37.8 Å². The average molecular weight is 316 g/mol. The van der Waals surface area contributed by atoms with Gasteiger partial charge < -0.3 is 25.2 Å². The summed E-state index contributed by atoms with van der Waals surface area (Å²) in [6, 6.07) is 4.10. The van der Waals surface area contributed by atoms with Crippen molar-refractivity contribution in [3.05, 3.63) is 23.3 Å². The standard InChI is InChI=1S/C18H24N2O3/c1-19-11-5-6-18(22)13-9-10-3-4-12(21)15-14(10)17(18,16(11)23-15)7-8-20(13)2/h3-4,11,13,16,19,21-22H,5-9H2,1-2H3. The lowest BCUT2D eigenvalue weighted by atomic mass is 9.48. The van der Waals surface area contributed by atoms with Crippen molar-refractivity contribution in [2.24, 2.45) is 0 Å². The van der Waals surface area contributed by atoms with Crippen LogP contribution in [-0.4, -0.2) is 59.5 Å². The van der Waals surface area contributed by atoms with Crippen LogP contribution in [0.15, 0.2) is 12.1 Å². The molecule has 3 N–H and O–H groups in total. The number of nitrogens with one attached hydrogen (secondary N) is 1. The third-order valence-electron chi connectivity index (χ3n) is 7.10. The molecule has 1 saturated heterocycles. The Kier molecular flexibility index (Phi) is 2.57. The molecule has 0 aromatic heterocycles. The van der Waals surface area contributed by atoms with Gasteiger partial charge in [0, 0.05) is 17.6 Å². The summed E-state index contributed by atoms with van der Waals surface area (Å²) >= 11 is 0. The van der Waals surface area contributed by atoms with Gasteiger partial charge >= 0.3 is 0 Å². The van der Waals surface area contributed by atoms with Crippen LogP contribution in [-0.2, 0) is 11.8 Å². The van der Waals surface area contributed by atoms with Gasteiger partial charge in [-0.05, 0) is 58.0 Å². The van der Waals surface area contributed by atoms with E-state index >= 15 is 0 Å². The van der Waals surface area contributed by atoms with Crippen LogP contribution in [0, 0.1) is 0 Å². The summed E-state index contributed by atoms with van der Waals surface area (Å²) < 4.78 is 6.32. The Hall–Kier alpha value is -1.30. The molecular formula is C18H24N2O3. The van der Waals surface area contributed by atoms with Crippen molar-refractivity contribution in [3.8, 4) is 11.5 Å². The van der Waals surface area contributed by atoms with Crippen LogP contribution in [0.3, 0.4) is 0 Å². The maximum Gasteiger partial charge on any atom is 0.165 e. The van der Waals surface area contributed by atoms with Gasteiger partial charge in [0.15, 0.2) is 11.5 Å². The van der Waals surface area contributed by atoms with Crippen molar-refractivity contribution in [2.75, 3.05) is 20.6 Å². The highest BCUT2D eigenvalue weighted by atomic mass is 16.5. The van der Waals surface area contributed by atoms with Crippen LogP contribution >= 0.6 is 0 Å². The maximum absolute atomic E-state index is 11.9. The first-order chi connectivity index (χ1) is 11.0. The van der Waals surface area contributed by atoms with E-state index in [-0.39, 0.29) is 23.9 Å². The third-order valence-corrected chi connectivity index (χ3v) is 7.10. The largest absolute Gasteiger partial charge is 0.504 e. The molecule has 0 radical (unpaired) electrons. The van der Waals surface area contributed by atoms with Gasteiger partial charge in [-0.25, -0.2) is 0 Å². The van der Waals surface area contributed by atoms with E-state index < -0.39 is 11.0 Å². The van der Waals surface area contributed by atoms with Gasteiger partial charge in [0.2, 0.25) is 0 Å². The van der Waals surface area contributed by atoms with Gasteiger partial charge in [0.05, 0.1) is 11.0 Å². The number of hydrogen-bond acceptors (Lipinski definition) is 5. The molecule has 2 aliphatic carbocycles. The number of phenols is 1. The van der Waals surface area contributed by atoms with E-state index in [1.54, 1.807) is 6.07 Å². The van der Waals surface area contributed by atoms with Crippen LogP contribution in [0.4, 0.5) is 0 Å². The first kappa shape index (κ1) is 14.1. The van der Waals surface area contributed by atoms with Gasteiger partial charge in [-0.15, -0.1) is 0 Å².